The average Bonchev–Trinajstić information content (AvgIpc) is 2.32. The molecule has 0 heterocycles. The Balaban J connectivity index is 2.41. The molecule has 1 aromatic carbocycles. The Hall–Kier alpha value is -1.39. The van der Waals surface area contributed by atoms with Crippen molar-refractivity contribution in [2.75, 3.05) is 25.6 Å². The molecule has 0 bridgehead atoms. The maximum atomic E-state index is 11.3. The number of nitrogens with one attached hydrogen (secondary N) is 2. The third-order valence-corrected chi connectivity index (χ3v) is 2.27. The summed E-state index contributed by atoms with van der Waals surface area (Å²) in [4.78, 5) is 11.3. The summed E-state index contributed by atoms with van der Waals surface area (Å²) in [5.74, 6) is -0.135. The molecule has 1 amide bonds. The topological polar surface area (TPSA) is 50.4 Å². The molecule has 17 heavy (non-hydrogen) atoms. The van der Waals surface area contributed by atoms with E-state index in [1.54, 1.807) is 0 Å². The van der Waals surface area contributed by atoms with Crippen LogP contribution in [0.25, 0.3) is 0 Å². The number of anilines is 1. The summed E-state index contributed by atoms with van der Waals surface area (Å²) in [6.07, 6.45) is 1.13. The van der Waals surface area contributed by atoms with Crippen molar-refractivity contribution in [3.05, 3.63) is 29.8 Å². The first kappa shape index (κ1) is 13.7. The normalized spacial score (nSPS) is 10.2. The Morgan fingerprint density at radius 2 is 2.00 bits per heavy atom. The lowest BCUT2D eigenvalue weighted by Gasteiger charge is -2.06. The van der Waals surface area contributed by atoms with Crippen LogP contribution in [0.4, 0.5) is 5.69 Å². The molecule has 0 atom stereocenters. The third kappa shape index (κ3) is 5.47. The van der Waals surface area contributed by atoms with Crippen LogP contribution < -0.4 is 10.6 Å². The summed E-state index contributed by atoms with van der Waals surface area (Å²) >= 11 is 0. The zero-order valence-corrected chi connectivity index (χ0v) is 10.5. The van der Waals surface area contributed by atoms with Crippen molar-refractivity contribution in [2.45, 2.75) is 19.9 Å². The smallest absolute Gasteiger partial charge is 0.250 e. The number of hydrogen-bond acceptors (Lipinski definition) is 3. The number of methoxy groups -OCH3 is 1. The van der Waals surface area contributed by atoms with Crippen molar-refractivity contribution in [3.8, 4) is 0 Å². The van der Waals surface area contributed by atoms with Gasteiger partial charge in [-0.3, -0.25) is 4.79 Å². The number of carbonyl (C=O) groups is 1. The second-order valence-corrected chi connectivity index (χ2v) is 3.85. The number of ether oxygens (including phenoxy) is 1. The molecule has 94 valence electrons. The lowest BCUT2D eigenvalue weighted by Crippen LogP contribution is -2.17. The zero-order valence-electron chi connectivity index (χ0n) is 10.5. The molecule has 2 N–H and O–H groups in total. The van der Waals surface area contributed by atoms with Gasteiger partial charge in [0.1, 0.15) is 6.61 Å². The van der Waals surface area contributed by atoms with Crippen LogP contribution in [0.1, 0.15) is 18.9 Å². The van der Waals surface area contributed by atoms with E-state index in [2.05, 4.69) is 17.6 Å². The second kappa shape index (κ2) is 7.81. The predicted molar refractivity (Wildman–Crippen MR) is 68.9 cm³/mol. The highest BCUT2D eigenvalue weighted by Gasteiger charge is 2.00. The van der Waals surface area contributed by atoms with Gasteiger partial charge in [0, 0.05) is 19.3 Å². The van der Waals surface area contributed by atoms with E-state index in [0.717, 1.165) is 25.2 Å². The van der Waals surface area contributed by atoms with Crippen LogP contribution >= 0.6 is 0 Å². The highest BCUT2D eigenvalue weighted by Crippen LogP contribution is 2.09. The molecule has 4 heteroatoms. The highest BCUT2D eigenvalue weighted by molar-refractivity contribution is 5.91. The summed E-state index contributed by atoms with van der Waals surface area (Å²) in [5.41, 5.74) is 2.01. The summed E-state index contributed by atoms with van der Waals surface area (Å²) in [6, 6.07) is 7.81. The largest absolute Gasteiger partial charge is 0.375 e. The molecule has 4 nitrogen and oxygen atoms in total. The van der Waals surface area contributed by atoms with Crippen LogP contribution in [0.5, 0.6) is 0 Å². The van der Waals surface area contributed by atoms with E-state index in [-0.39, 0.29) is 12.5 Å². The second-order valence-electron chi connectivity index (χ2n) is 3.85. The van der Waals surface area contributed by atoms with Crippen LogP contribution in [0.2, 0.25) is 0 Å². The van der Waals surface area contributed by atoms with Gasteiger partial charge in [0.25, 0.3) is 0 Å². The molecule has 0 saturated heterocycles. The van der Waals surface area contributed by atoms with Gasteiger partial charge in [0.05, 0.1) is 0 Å². The van der Waals surface area contributed by atoms with Gasteiger partial charge in [0.15, 0.2) is 0 Å². The highest BCUT2D eigenvalue weighted by atomic mass is 16.5. The Bertz CT molecular complexity index is 336. The van der Waals surface area contributed by atoms with Crippen molar-refractivity contribution in [2.24, 2.45) is 0 Å². The summed E-state index contributed by atoms with van der Waals surface area (Å²) in [7, 11) is 1.50. The van der Waals surface area contributed by atoms with Crippen molar-refractivity contribution in [3.63, 3.8) is 0 Å². The predicted octanol–water partition coefficient (Wildman–Crippen LogP) is 1.77. The Morgan fingerprint density at radius 1 is 1.29 bits per heavy atom. The molecule has 0 aliphatic rings. The number of hydrogen-bond donors (Lipinski definition) is 2. The van der Waals surface area contributed by atoms with E-state index < -0.39 is 0 Å². The molecule has 0 aromatic heterocycles. The van der Waals surface area contributed by atoms with Gasteiger partial charge in [-0.2, -0.15) is 0 Å². The number of rotatable bonds is 7. The summed E-state index contributed by atoms with van der Waals surface area (Å²) in [6.45, 7) is 4.10. The monoisotopic (exact) mass is 236 g/mol. The van der Waals surface area contributed by atoms with Gasteiger partial charge >= 0.3 is 0 Å². The first-order chi connectivity index (χ1) is 8.26. The van der Waals surface area contributed by atoms with Crippen molar-refractivity contribution < 1.29 is 9.53 Å². The van der Waals surface area contributed by atoms with E-state index in [4.69, 9.17) is 4.74 Å². The lowest BCUT2D eigenvalue weighted by atomic mass is 10.2. The lowest BCUT2D eigenvalue weighted by molar-refractivity contribution is -0.119. The molecule has 0 aliphatic carbocycles. The van der Waals surface area contributed by atoms with E-state index in [1.807, 2.05) is 24.3 Å². The minimum Gasteiger partial charge on any atom is -0.375 e. The van der Waals surface area contributed by atoms with E-state index in [1.165, 1.54) is 12.7 Å². The van der Waals surface area contributed by atoms with Crippen LogP contribution in [-0.4, -0.2) is 26.2 Å². The number of carbonyl (C=O) groups excluding carboxylic acids is 1. The summed E-state index contributed by atoms with van der Waals surface area (Å²) in [5, 5.41) is 6.08. The van der Waals surface area contributed by atoms with Crippen LogP contribution in [0.3, 0.4) is 0 Å². The number of benzene rings is 1. The van der Waals surface area contributed by atoms with Gasteiger partial charge in [-0.05, 0) is 30.7 Å². The molecule has 1 aromatic rings. The van der Waals surface area contributed by atoms with Crippen molar-refractivity contribution >= 4 is 11.6 Å². The van der Waals surface area contributed by atoms with Gasteiger partial charge in [-0.1, -0.05) is 19.1 Å². The Labute approximate surface area is 102 Å². The number of amides is 1. The Kier molecular flexibility index (Phi) is 6.29. The average molecular weight is 236 g/mol. The van der Waals surface area contributed by atoms with Crippen LogP contribution in [0, 0.1) is 0 Å². The molecule has 1 rings (SSSR count). The molecule has 0 aliphatic heterocycles. The molecule has 0 unspecified atom stereocenters. The van der Waals surface area contributed by atoms with Crippen LogP contribution in [0.15, 0.2) is 24.3 Å². The van der Waals surface area contributed by atoms with Crippen molar-refractivity contribution in [1.82, 2.24) is 5.32 Å². The van der Waals surface area contributed by atoms with E-state index in [0.29, 0.717) is 0 Å². The fourth-order valence-electron chi connectivity index (χ4n) is 1.44. The van der Waals surface area contributed by atoms with Crippen LogP contribution in [-0.2, 0) is 16.1 Å². The quantitative estimate of drug-likeness (QED) is 0.709. The Morgan fingerprint density at radius 3 is 2.59 bits per heavy atom. The SMILES string of the molecule is CCCNCc1ccc(NC(=O)COC)cc1. The first-order valence-corrected chi connectivity index (χ1v) is 5.84. The van der Waals surface area contributed by atoms with Gasteiger partial charge in [-0.15, -0.1) is 0 Å². The fourth-order valence-corrected chi connectivity index (χ4v) is 1.44. The minimum absolute atomic E-state index is 0.0831. The minimum atomic E-state index is -0.135. The van der Waals surface area contributed by atoms with Gasteiger partial charge in [0.2, 0.25) is 5.91 Å². The first-order valence-electron chi connectivity index (χ1n) is 5.84. The molecule has 0 spiro atoms. The molecular weight excluding hydrogens is 216 g/mol. The third-order valence-electron chi connectivity index (χ3n) is 2.27. The summed E-state index contributed by atoms with van der Waals surface area (Å²) < 4.78 is 4.74. The standard InChI is InChI=1S/C13H20N2O2/c1-3-8-14-9-11-4-6-12(7-5-11)15-13(16)10-17-2/h4-7,14H,3,8-10H2,1-2H3,(H,15,16). The molecular formula is C13H20N2O2. The molecule has 0 radical (unpaired) electrons. The zero-order chi connectivity index (χ0) is 12.5. The molecule has 0 saturated carbocycles. The van der Waals surface area contributed by atoms with Gasteiger partial charge < -0.3 is 15.4 Å². The van der Waals surface area contributed by atoms with E-state index >= 15 is 0 Å². The van der Waals surface area contributed by atoms with Gasteiger partial charge in [-0.25, -0.2) is 0 Å². The van der Waals surface area contributed by atoms with Crippen molar-refractivity contribution in [1.29, 1.82) is 0 Å². The molecule has 0 fully saturated rings. The maximum absolute atomic E-state index is 11.3. The fraction of sp³-hybridized carbons (Fsp3) is 0.462. The maximum Gasteiger partial charge on any atom is 0.250 e. The van der Waals surface area contributed by atoms with E-state index in [9.17, 15) is 4.79 Å².